The van der Waals surface area contributed by atoms with Gasteiger partial charge in [-0.2, -0.15) is 0 Å². The first-order valence-electron chi connectivity index (χ1n) is 5.43. The highest BCUT2D eigenvalue weighted by Crippen LogP contribution is 2.32. The summed E-state index contributed by atoms with van der Waals surface area (Å²) < 4.78 is 6.66. The van der Waals surface area contributed by atoms with Crippen LogP contribution in [0.4, 0.5) is 0 Å². The predicted octanol–water partition coefficient (Wildman–Crippen LogP) is 3.55. The molecule has 0 amide bonds. The first kappa shape index (κ1) is 12.8. The Labute approximate surface area is 114 Å². The molecule has 0 aromatic heterocycles. The second kappa shape index (κ2) is 5.31. The summed E-state index contributed by atoms with van der Waals surface area (Å²) >= 11 is 3.34. The Balaban J connectivity index is 2.36. The number of Topliss-reactive ketones (excluding diaryl/α,β-unsaturated/α-hetero) is 1. The van der Waals surface area contributed by atoms with Crippen LogP contribution in [0, 0.1) is 0 Å². The Kier molecular flexibility index (Phi) is 3.77. The summed E-state index contributed by atoms with van der Waals surface area (Å²) in [5.74, 6) is 0.649. The molecule has 1 aliphatic heterocycles. The van der Waals surface area contributed by atoms with Crippen molar-refractivity contribution in [1.29, 1.82) is 0 Å². The highest BCUT2D eigenvalue weighted by Gasteiger charge is 2.28. The van der Waals surface area contributed by atoms with E-state index in [1.54, 1.807) is 24.4 Å². The maximum Gasteiger partial charge on any atom is 0.170 e. The van der Waals surface area contributed by atoms with Crippen molar-refractivity contribution in [2.24, 2.45) is 4.99 Å². The molecule has 0 bridgehead atoms. The van der Waals surface area contributed by atoms with E-state index in [0.29, 0.717) is 11.3 Å². The van der Waals surface area contributed by atoms with Crippen LogP contribution < -0.4 is 4.74 Å². The number of ether oxygens (including phenoxy) is 1. The summed E-state index contributed by atoms with van der Waals surface area (Å²) in [6.45, 7) is 7.09. The fourth-order valence-corrected chi connectivity index (χ4v) is 2.22. The summed E-state index contributed by atoms with van der Waals surface area (Å²) in [4.78, 5) is 15.8. The molecule has 1 aliphatic rings. The number of fused-ring (bicyclic) bond motifs is 1. The first-order valence-corrected chi connectivity index (χ1v) is 6.22. The third kappa shape index (κ3) is 2.43. The van der Waals surface area contributed by atoms with Gasteiger partial charge in [0.25, 0.3) is 0 Å². The lowest BCUT2D eigenvalue weighted by atomic mass is 9.96. The van der Waals surface area contributed by atoms with Crippen LogP contribution in [0.15, 0.2) is 52.1 Å². The molecule has 1 aromatic carbocycles. The quantitative estimate of drug-likeness (QED) is 0.633. The van der Waals surface area contributed by atoms with Gasteiger partial charge in [0.2, 0.25) is 0 Å². The maximum atomic E-state index is 12.1. The maximum absolute atomic E-state index is 12.1. The Morgan fingerprint density at radius 1 is 1.56 bits per heavy atom. The molecule has 4 heteroatoms. The van der Waals surface area contributed by atoms with Crippen molar-refractivity contribution in [1.82, 2.24) is 0 Å². The van der Waals surface area contributed by atoms with E-state index in [1.165, 1.54) is 0 Å². The van der Waals surface area contributed by atoms with Gasteiger partial charge in [0.05, 0.1) is 12.0 Å². The van der Waals surface area contributed by atoms with Crippen molar-refractivity contribution in [3.8, 4) is 5.75 Å². The lowest BCUT2D eigenvalue weighted by Gasteiger charge is -2.25. The van der Waals surface area contributed by atoms with E-state index in [-0.39, 0.29) is 18.3 Å². The van der Waals surface area contributed by atoms with Gasteiger partial charge in [-0.25, -0.2) is 0 Å². The van der Waals surface area contributed by atoms with E-state index < -0.39 is 0 Å². The number of hydrogen-bond donors (Lipinski definition) is 0. The monoisotopic (exact) mass is 305 g/mol. The van der Waals surface area contributed by atoms with Crippen molar-refractivity contribution in [2.75, 3.05) is 0 Å². The zero-order valence-corrected chi connectivity index (χ0v) is 11.3. The van der Waals surface area contributed by atoms with Gasteiger partial charge in [-0.05, 0) is 24.9 Å². The van der Waals surface area contributed by atoms with Crippen molar-refractivity contribution < 1.29 is 9.53 Å². The highest BCUT2D eigenvalue weighted by molar-refractivity contribution is 9.10. The van der Waals surface area contributed by atoms with E-state index in [1.807, 2.05) is 6.07 Å². The minimum Gasteiger partial charge on any atom is -0.484 e. The lowest BCUT2D eigenvalue weighted by Crippen LogP contribution is -2.28. The van der Waals surface area contributed by atoms with Crippen molar-refractivity contribution in [3.05, 3.63) is 52.7 Å². The van der Waals surface area contributed by atoms with E-state index in [2.05, 4.69) is 34.2 Å². The summed E-state index contributed by atoms with van der Waals surface area (Å²) in [5.41, 5.74) is 1.36. The Hall–Kier alpha value is -1.68. The molecule has 0 aliphatic carbocycles. The topological polar surface area (TPSA) is 38.7 Å². The number of halogens is 1. The number of carbonyl (C=O) groups is 1. The average molecular weight is 306 g/mol. The molecule has 1 heterocycles. The van der Waals surface area contributed by atoms with Gasteiger partial charge < -0.3 is 4.74 Å². The number of ketones is 1. The molecule has 0 fully saturated rings. The average Bonchev–Trinajstić information content (AvgIpc) is 2.36. The van der Waals surface area contributed by atoms with Crippen molar-refractivity contribution in [2.45, 2.75) is 12.5 Å². The molecule has 1 atom stereocenters. The van der Waals surface area contributed by atoms with Crippen LogP contribution >= 0.6 is 15.9 Å². The summed E-state index contributed by atoms with van der Waals surface area (Å²) in [6, 6.07) is 5.40. The SMILES string of the molecule is C=C/C(=C\N=C)C1CC(=O)c2cc(Br)ccc2O1. The fraction of sp³-hybridized carbons (Fsp3) is 0.143. The highest BCUT2D eigenvalue weighted by atomic mass is 79.9. The number of benzene rings is 1. The Morgan fingerprint density at radius 3 is 3.00 bits per heavy atom. The van der Waals surface area contributed by atoms with Crippen LogP contribution in [0.25, 0.3) is 0 Å². The van der Waals surface area contributed by atoms with Crippen molar-refractivity contribution >= 4 is 28.4 Å². The van der Waals surface area contributed by atoms with Crippen LogP contribution in [0.1, 0.15) is 16.8 Å². The second-order valence-corrected chi connectivity index (χ2v) is 4.81. The van der Waals surface area contributed by atoms with Gasteiger partial charge in [0.1, 0.15) is 11.9 Å². The lowest BCUT2D eigenvalue weighted by molar-refractivity contribution is 0.0887. The molecule has 0 saturated carbocycles. The van der Waals surface area contributed by atoms with Crippen LogP contribution in [0.5, 0.6) is 5.75 Å². The van der Waals surface area contributed by atoms with E-state index in [4.69, 9.17) is 4.74 Å². The van der Waals surface area contributed by atoms with Crippen molar-refractivity contribution in [3.63, 3.8) is 0 Å². The van der Waals surface area contributed by atoms with Crippen LogP contribution in [0.3, 0.4) is 0 Å². The third-order valence-corrected chi connectivity index (χ3v) is 3.22. The molecule has 92 valence electrons. The standard InChI is InChI=1S/C14H12BrNO2/c1-3-9(8-16-2)14-7-12(17)11-6-10(15)4-5-13(11)18-14/h3-6,8,14H,1-2,7H2/b9-8+. The zero-order valence-electron chi connectivity index (χ0n) is 9.73. The first-order chi connectivity index (χ1) is 8.65. The minimum absolute atomic E-state index is 0.0550. The molecule has 3 nitrogen and oxygen atoms in total. The van der Waals surface area contributed by atoms with Crippen LogP contribution in [0.2, 0.25) is 0 Å². The van der Waals surface area contributed by atoms with Gasteiger partial charge >= 0.3 is 0 Å². The third-order valence-electron chi connectivity index (χ3n) is 2.73. The van der Waals surface area contributed by atoms with Gasteiger partial charge in [-0.1, -0.05) is 28.6 Å². The smallest absolute Gasteiger partial charge is 0.170 e. The molecule has 18 heavy (non-hydrogen) atoms. The zero-order chi connectivity index (χ0) is 13.1. The molecule has 1 unspecified atom stereocenters. The molecule has 0 N–H and O–H groups in total. The molecule has 1 aromatic rings. The predicted molar refractivity (Wildman–Crippen MR) is 75.3 cm³/mol. The normalized spacial score (nSPS) is 18.8. The second-order valence-electron chi connectivity index (χ2n) is 3.89. The molecular formula is C14H12BrNO2. The van der Waals surface area contributed by atoms with E-state index in [9.17, 15) is 4.79 Å². The van der Waals surface area contributed by atoms with Crippen LogP contribution in [-0.4, -0.2) is 18.6 Å². The largest absolute Gasteiger partial charge is 0.484 e. The number of nitrogens with zero attached hydrogens (tertiary/aromatic N) is 1. The number of hydrogen-bond acceptors (Lipinski definition) is 3. The van der Waals surface area contributed by atoms with Gasteiger partial charge in [-0.3, -0.25) is 9.79 Å². The Morgan fingerprint density at radius 2 is 2.33 bits per heavy atom. The van der Waals surface area contributed by atoms with Crippen LogP contribution in [-0.2, 0) is 0 Å². The van der Waals surface area contributed by atoms with E-state index >= 15 is 0 Å². The molecule has 0 spiro atoms. The number of carbonyl (C=O) groups excluding carboxylic acids is 1. The fourth-order valence-electron chi connectivity index (χ4n) is 1.85. The number of rotatable bonds is 3. The molecule has 0 radical (unpaired) electrons. The summed E-state index contributed by atoms with van der Waals surface area (Å²) in [6.07, 6.45) is 3.15. The minimum atomic E-state index is -0.339. The van der Waals surface area contributed by atoms with Gasteiger partial charge in [0, 0.05) is 16.2 Å². The molecule has 2 rings (SSSR count). The number of aliphatic imine (C=N–C) groups is 1. The van der Waals surface area contributed by atoms with E-state index in [0.717, 1.165) is 10.0 Å². The summed E-state index contributed by atoms with van der Waals surface area (Å²) in [5, 5.41) is 0. The molecule has 0 saturated heterocycles. The summed E-state index contributed by atoms with van der Waals surface area (Å²) in [7, 11) is 0. The molecular weight excluding hydrogens is 294 g/mol. The Bertz CT molecular complexity index is 549. The van der Waals surface area contributed by atoms with Gasteiger partial charge in [-0.15, -0.1) is 0 Å². The van der Waals surface area contributed by atoms with Gasteiger partial charge in [0.15, 0.2) is 5.78 Å².